The fraction of sp³-hybridized carbons (Fsp3) is 0.258. The van der Waals surface area contributed by atoms with Gasteiger partial charge in [0.2, 0.25) is 5.78 Å². The predicted octanol–water partition coefficient (Wildman–Crippen LogP) is 7.12. The molecule has 2 amide bonds. The van der Waals surface area contributed by atoms with Crippen LogP contribution in [0.5, 0.6) is 0 Å². The molecule has 0 radical (unpaired) electrons. The Bertz CT molecular complexity index is 1580. The fourth-order valence-corrected chi connectivity index (χ4v) is 6.88. The van der Waals surface area contributed by atoms with Crippen LogP contribution in [0.15, 0.2) is 76.5 Å². The zero-order valence-electron chi connectivity index (χ0n) is 22.5. The number of likely N-dealkylation sites (tertiary alicyclic amines) is 1. The van der Waals surface area contributed by atoms with Crippen molar-refractivity contribution in [3.05, 3.63) is 111 Å². The van der Waals surface area contributed by atoms with E-state index < -0.39 is 41.2 Å². The van der Waals surface area contributed by atoms with Gasteiger partial charge >= 0.3 is 12.0 Å². The van der Waals surface area contributed by atoms with Gasteiger partial charge in [0.05, 0.1) is 12.0 Å². The highest BCUT2D eigenvalue weighted by atomic mass is 32.1. The molecule has 1 saturated heterocycles. The molecule has 5 rings (SSSR count). The molecule has 40 heavy (non-hydrogen) atoms. The summed E-state index contributed by atoms with van der Waals surface area (Å²) in [5, 5.41) is 15.4. The Morgan fingerprint density at radius 3 is 2.20 bits per heavy atom. The van der Waals surface area contributed by atoms with Crippen molar-refractivity contribution in [1.29, 1.82) is 0 Å². The molecule has 4 aromatic rings. The van der Waals surface area contributed by atoms with E-state index in [0.29, 0.717) is 21.9 Å². The van der Waals surface area contributed by atoms with Gasteiger partial charge < -0.3 is 14.8 Å². The number of hydrogen-bond acceptors (Lipinski definition) is 5. The standard InChI is InChI=1S/C31H29FN2O5S/c1-17-5-8-20(9-6-17)26-24(27(35)23-14-7-19(3)39-23)25(28-18(2)15-16-40-28)31(4,29(36)37)34(26)30(38)33-22-12-10-21(32)11-13-22/h5-16,24-26H,1-4H3,(H,33,38)(H,36,37). The Balaban J connectivity index is 1.76. The Morgan fingerprint density at radius 2 is 1.65 bits per heavy atom. The van der Waals surface area contributed by atoms with Crippen LogP contribution in [-0.4, -0.2) is 33.3 Å². The molecule has 7 nitrogen and oxygen atoms in total. The average molecular weight is 561 g/mol. The van der Waals surface area contributed by atoms with Crippen LogP contribution < -0.4 is 5.32 Å². The van der Waals surface area contributed by atoms with E-state index in [1.165, 1.54) is 47.4 Å². The number of urea groups is 1. The number of carbonyl (C=O) groups excluding carboxylic acids is 2. The summed E-state index contributed by atoms with van der Waals surface area (Å²) < 4.78 is 19.3. The summed E-state index contributed by atoms with van der Waals surface area (Å²) in [6.07, 6.45) is 0. The maximum atomic E-state index is 14.3. The number of halogens is 1. The molecule has 1 aliphatic rings. The second-order valence-electron chi connectivity index (χ2n) is 10.4. The minimum atomic E-state index is -1.84. The van der Waals surface area contributed by atoms with Gasteiger partial charge in [0.1, 0.15) is 17.1 Å². The molecular weight excluding hydrogens is 531 g/mol. The Labute approximate surface area is 235 Å². The van der Waals surface area contributed by atoms with Gasteiger partial charge in [-0.1, -0.05) is 29.8 Å². The molecule has 9 heteroatoms. The predicted molar refractivity (Wildman–Crippen MR) is 150 cm³/mol. The lowest BCUT2D eigenvalue weighted by Crippen LogP contribution is -2.55. The highest BCUT2D eigenvalue weighted by Gasteiger charge is 2.66. The summed E-state index contributed by atoms with van der Waals surface area (Å²) in [5.74, 6) is -3.33. The summed E-state index contributed by atoms with van der Waals surface area (Å²) >= 11 is 1.36. The van der Waals surface area contributed by atoms with Gasteiger partial charge in [0.15, 0.2) is 5.76 Å². The van der Waals surface area contributed by atoms with Gasteiger partial charge in [-0.05, 0) is 86.7 Å². The fourth-order valence-electron chi connectivity index (χ4n) is 5.69. The largest absolute Gasteiger partial charge is 0.479 e. The van der Waals surface area contributed by atoms with Gasteiger partial charge in [0.25, 0.3) is 0 Å². The molecule has 3 heterocycles. The normalized spacial score (nSPS) is 22.3. The first-order valence-electron chi connectivity index (χ1n) is 12.8. The maximum absolute atomic E-state index is 14.3. The van der Waals surface area contributed by atoms with Crippen molar-refractivity contribution in [3.63, 3.8) is 0 Å². The number of nitrogens with zero attached hydrogens (tertiary/aromatic N) is 1. The number of thiophene rings is 1. The van der Waals surface area contributed by atoms with Crippen LogP contribution in [0.4, 0.5) is 14.9 Å². The van der Waals surface area contributed by atoms with Crippen LogP contribution >= 0.6 is 11.3 Å². The van der Waals surface area contributed by atoms with Gasteiger partial charge in [-0.15, -0.1) is 11.3 Å². The van der Waals surface area contributed by atoms with Gasteiger partial charge in [0, 0.05) is 16.5 Å². The first-order chi connectivity index (χ1) is 19.0. The Morgan fingerprint density at radius 1 is 0.975 bits per heavy atom. The molecular formula is C31H29FN2O5S. The summed E-state index contributed by atoms with van der Waals surface area (Å²) in [6.45, 7) is 7.01. The van der Waals surface area contributed by atoms with Gasteiger partial charge in [-0.3, -0.25) is 9.69 Å². The van der Waals surface area contributed by atoms with E-state index in [2.05, 4.69) is 5.32 Å². The number of hydrogen-bond donors (Lipinski definition) is 2. The van der Waals surface area contributed by atoms with E-state index in [4.69, 9.17) is 4.42 Å². The van der Waals surface area contributed by atoms with Crippen LogP contribution in [0.25, 0.3) is 0 Å². The van der Waals surface area contributed by atoms with E-state index in [-0.39, 0.29) is 11.5 Å². The molecule has 206 valence electrons. The number of benzene rings is 2. The Kier molecular flexibility index (Phi) is 7.10. The molecule has 0 aliphatic carbocycles. The zero-order chi connectivity index (χ0) is 28.8. The lowest BCUT2D eigenvalue weighted by atomic mass is 9.74. The van der Waals surface area contributed by atoms with Gasteiger partial charge in [-0.25, -0.2) is 14.0 Å². The monoisotopic (exact) mass is 560 g/mol. The number of amides is 2. The van der Waals surface area contributed by atoms with Crippen LogP contribution in [0.2, 0.25) is 0 Å². The number of carboxylic acid groups (broad SMARTS) is 1. The molecule has 4 unspecified atom stereocenters. The van der Waals surface area contributed by atoms with Crippen molar-refractivity contribution >= 4 is 34.8 Å². The first-order valence-corrected chi connectivity index (χ1v) is 13.7. The van der Waals surface area contributed by atoms with E-state index in [9.17, 15) is 23.9 Å². The minimum Gasteiger partial charge on any atom is -0.479 e. The van der Waals surface area contributed by atoms with Gasteiger partial charge in [-0.2, -0.15) is 0 Å². The summed E-state index contributed by atoms with van der Waals surface area (Å²) in [7, 11) is 0. The third-order valence-electron chi connectivity index (χ3n) is 7.72. The van der Waals surface area contributed by atoms with E-state index in [1.807, 2.05) is 49.6 Å². The van der Waals surface area contributed by atoms with E-state index >= 15 is 0 Å². The minimum absolute atomic E-state index is 0.104. The zero-order valence-corrected chi connectivity index (χ0v) is 23.3. The second-order valence-corrected chi connectivity index (χ2v) is 11.3. The van der Waals surface area contributed by atoms with Crippen LogP contribution in [0.1, 0.15) is 56.8 Å². The number of aliphatic carboxylic acids is 1. The molecule has 0 spiro atoms. The molecule has 2 N–H and O–H groups in total. The summed E-state index contributed by atoms with van der Waals surface area (Å²) in [6, 6.07) is 16.1. The van der Waals surface area contributed by atoms with Crippen molar-refractivity contribution < 1.29 is 28.3 Å². The van der Waals surface area contributed by atoms with Crippen LogP contribution in [0, 0.1) is 32.5 Å². The van der Waals surface area contributed by atoms with Crippen LogP contribution in [-0.2, 0) is 4.79 Å². The molecule has 0 saturated carbocycles. The molecule has 0 bridgehead atoms. The summed E-state index contributed by atoms with van der Waals surface area (Å²) in [5.41, 5.74) is 0.879. The molecule has 2 aromatic heterocycles. The number of nitrogens with one attached hydrogen (secondary N) is 1. The van der Waals surface area contributed by atoms with E-state index in [0.717, 1.165) is 11.1 Å². The SMILES string of the molecule is Cc1ccc(C2C(C(=O)c3ccc(C)o3)C(c3sccc3C)C(C)(C(=O)O)N2C(=O)Nc2ccc(F)cc2)cc1. The highest BCUT2D eigenvalue weighted by Crippen LogP contribution is 2.58. The molecule has 4 atom stereocenters. The number of ketones is 1. The Hall–Kier alpha value is -4.24. The summed E-state index contributed by atoms with van der Waals surface area (Å²) in [4.78, 5) is 43.7. The number of carboxylic acids is 1. The van der Waals surface area contributed by atoms with Crippen molar-refractivity contribution in [2.75, 3.05) is 5.32 Å². The maximum Gasteiger partial charge on any atom is 0.330 e. The number of Topliss-reactive ketones (excluding diaryl/α,β-unsaturated/α-hetero) is 1. The number of furan rings is 1. The number of carbonyl (C=O) groups is 3. The van der Waals surface area contributed by atoms with Crippen LogP contribution in [0.3, 0.4) is 0 Å². The van der Waals surface area contributed by atoms with Crippen molar-refractivity contribution in [2.45, 2.75) is 45.2 Å². The van der Waals surface area contributed by atoms with E-state index in [1.54, 1.807) is 19.1 Å². The average Bonchev–Trinajstić information content (AvgIpc) is 3.61. The topological polar surface area (TPSA) is 99.8 Å². The third kappa shape index (κ3) is 4.60. The van der Waals surface area contributed by atoms with Crippen molar-refractivity contribution in [1.82, 2.24) is 4.90 Å². The van der Waals surface area contributed by atoms with Crippen molar-refractivity contribution in [2.24, 2.45) is 5.92 Å². The first kappa shape index (κ1) is 27.3. The lowest BCUT2D eigenvalue weighted by molar-refractivity contribution is -0.148. The van der Waals surface area contributed by atoms with Crippen molar-refractivity contribution in [3.8, 4) is 0 Å². The smallest absolute Gasteiger partial charge is 0.330 e. The number of aryl methyl sites for hydroxylation is 3. The molecule has 1 aliphatic heterocycles. The molecule has 2 aromatic carbocycles. The quantitative estimate of drug-likeness (QED) is 0.245. The lowest BCUT2D eigenvalue weighted by Gasteiger charge is -2.37. The number of rotatable bonds is 6. The second kappa shape index (κ2) is 10.4. The third-order valence-corrected chi connectivity index (χ3v) is 8.82. The highest BCUT2D eigenvalue weighted by molar-refractivity contribution is 7.10. The molecule has 1 fully saturated rings. The number of anilines is 1.